The molecule has 1 N–H and O–H groups in total. The molecule has 0 saturated heterocycles. The molecule has 0 heterocycles. The molecule has 120 valence electrons. The molecule has 20 heavy (non-hydrogen) atoms. The fourth-order valence-electron chi connectivity index (χ4n) is 3.86. The van der Waals surface area contributed by atoms with E-state index >= 15 is 0 Å². The van der Waals surface area contributed by atoms with Crippen LogP contribution in [0, 0.1) is 11.3 Å². The highest BCUT2D eigenvalue weighted by molar-refractivity contribution is 5.06. The van der Waals surface area contributed by atoms with Crippen molar-refractivity contribution in [1.29, 1.82) is 0 Å². The van der Waals surface area contributed by atoms with E-state index in [2.05, 4.69) is 39.9 Å². The van der Waals surface area contributed by atoms with Gasteiger partial charge in [0.25, 0.3) is 0 Å². The third-order valence-corrected chi connectivity index (χ3v) is 5.63. The summed E-state index contributed by atoms with van der Waals surface area (Å²) in [7, 11) is 0. The van der Waals surface area contributed by atoms with Crippen molar-refractivity contribution in [2.24, 2.45) is 11.3 Å². The van der Waals surface area contributed by atoms with Crippen LogP contribution in [0.1, 0.15) is 79.6 Å². The molecule has 3 unspecified atom stereocenters. The summed E-state index contributed by atoms with van der Waals surface area (Å²) < 4.78 is 6.36. The van der Waals surface area contributed by atoms with Gasteiger partial charge in [-0.15, -0.1) is 0 Å². The molecule has 0 bridgehead atoms. The summed E-state index contributed by atoms with van der Waals surface area (Å²) >= 11 is 0. The van der Waals surface area contributed by atoms with Crippen molar-refractivity contribution >= 4 is 0 Å². The largest absolute Gasteiger partial charge is 0.377 e. The van der Waals surface area contributed by atoms with Crippen molar-refractivity contribution in [3.63, 3.8) is 0 Å². The molecule has 0 aromatic rings. The molecular weight excluding hydrogens is 246 g/mol. The van der Waals surface area contributed by atoms with Crippen molar-refractivity contribution in [2.45, 2.75) is 91.7 Å². The highest BCUT2D eigenvalue weighted by atomic mass is 16.5. The normalized spacial score (nSPS) is 26.2. The highest BCUT2D eigenvalue weighted by Gasteiger charge is 2.52. The van der Waals surface area contributed by atoms with Gasteiger partial charge in [-0.05, 0) is 38.1 Å². The second-order valence-corrected chi connectivity index (χ2v) is 6.52. The van der Waals surface area contributed by atoms with Gasteiger partial charge < -0.3 is 10.1 Å². The van der Waals surface area contributed by atoms with E-state index in [1.54, 1.807) is 0 Å². The predicted molar refractivity (Wildman–Crippen MR) is 88.1 cm³/mol. The van der Waals surface area contributed by atoms with Gasteiger partial charge in [-0.2, -0.15) is 0 Å². The maximum absolute atomic E-state index is 6.36. The van der Waals surface area contributed by atoms with Gasteiger partial charge in [0, 0.05) is 18.1 Å². The minimum atomic E-state index is 0.388. The Morgan fingerprint density at radius 3 is 2.35 bits per heavy atom. The fraction of sp³-hybridized carbons (Fsp3) is 1.00. The molecular formula is C18H37NO. The molecule has 1 saturated carbocycles. The van der Waals surface area contributed by atoms with Crippen LogP contribution in [-0.4, -0.2) is 25.3 Å². The van der Waals surface area contributed by atoms with Crippen molar-refractivity contribution in [3.8, 4) is 0 Å². The molecule has 0 aromatic heterocycles. The Morgan fingerprint density at radius 2 is 1.85 bits per heavy atom. The van der Waals surface area contributed by atoms with Gasteiger partial charge in [-0.3, -0.25) is 0 Å². The number of rotatable bonds is 11. The van der Waals surface area contributed by atoms with E-state index in [0.29, 0.717) is 17.6 Å². The first-order valence-electron chi connectivity index (χ1n) is 9.03. The summed E-state index contributed by atoms with van der Waals surface area (Å²) in [4.78, 5) is 0. The first-order chi connectivity index (χ1) is 9.68. The first-order valence-corrected chi connectivity index (χ1v) is 9.03. The molecule has 0 radical (unpaired) electrons. The Balaban J connectivity index is 2.46. The molecule has 1 rings (SSSR count). The van der Waals surface area contributed by atoms with Gasteiger partial charge in [0.1, 0.15) is 0 Å². The van der Waals surface area contributed by atoms with Crippen molar-refractivity contribution < 1.29 is 4.74 Å². The van der Waals surface area contributed by atoms with Crippen molar-refractivity contribution in [3.05, 3.63) is 0 Å². The maximum atomic E-state index is 6.36. The molecule has 1 fully saturated rings. The average Bonchev–Trinajstić information content (AvgIpc) is 2.46. The summed E-state index contributed by atoms with van der Waals surface area (Å²) in [5.74, 6) is 0.763. The predicted octanol–water partition coefficient (Wildman–Crippen LogP) is 4.78. The van der Waals surface area contributed by atoms with E-state index in [1.807, 2.05) is 0 Å². The molecule has 1 aliphatic carbocycles. The van der Waals surface area contributed by atoms with Crippen LogP contribution in [0.15, 0.2) is 0 Å². The zero-order valence-corrected chi connectivity index (χ0v) is 14.5. The van der Waals surface area contributed by atoms with Crippen LogP contribution in [0.5, 0.6) is 0 Å². The van der Waals surface area contributed by atoms with Crippen LogP contribution in [0.2, 0.25) is 0 Å². The van der Waals surface area contributed by atoms with E-state index < -0.39 is 0 Å². The molecule has 0 aliphatic heterocycles. The molecule has 2 nitrogen and oxygen atoms in total. The highest BCUT2D eigenvalue weighted by Crippen LogP contribution is 2.49. The number of ether oxygens (including phenoxy) is 1. The lowest BCUT2D eigenvalue weighted by Gasteiger charge is -2.56. The number of hydrogen-bond acceptors (Lipinski definition) is 2. The van der Waals surface area contributed by atoms with E-state index in [0.717, 1.165) is 19.1 Å². The van der Waals surface area contributed by atoms with E-state index in [4.69, 9.17) is 4.74 Å². The summed E-state index contributed by atoms with van der Waals surface area (Å²) in [6.07, 6.45) is 9.40. The second kappa shape index (κ2) is 9.04. The summed E-state index contributed by atoms with van der Waals surface area (Å²) in [5, 5.41) is 3.66. The molecule has 0 aromatic carbocycles. The minimum absolute atomic E-state index is 0.388. The van der Waals surface area contributed by atoms with Gasteiger partial charge in [-0.25, -0.2) is 0 Å². The van der Waals surface area contributed by atoms with E-state index in [-0.39, 0.29) is 0 Å². The Morgan fingerprint density at radius 1 is 1.15 bits per heavy atom. The van der Waals surface area contributed by atoms with E-state index in [9.17, 15) is 0 Å². The van der Waals surface area contributed by atoms with E-state index in [1.165, 1.54) is 44.9 Å². The van der Waals surface area contributed by atoms with Gasteiger partial charge in [0.2, 0.25) is 0 Å². The Labute approximate surface area is 127 Å². The summed E-state index contributed by atoms with van der Waals surface area (Å²) in [5.41, 5.74) is 0.388. The Hall–Kier alpha value is -0.0800. The van der Waals surface area contributed by atoms with Crippen LogP contribution in [0.4, 0.5) is 0 Å². The van der Waals surface area contributed by atoms with Gasteiger partial charge in [0.15, 0.2) is 0 Å². The van der Waals surface area contributed by atoms with Gasteiger partial charge >= 0.3 is 0 Å². The van der Waals surface area contributed by atoms with Gasteiger partial charge in [-0.1, -0.05) is 53.9 Å². The average molecular weight is 284 g/mol. The molecule has 1 aliphatic rings. The smallest absolute Gasteiger partial charge is 0.0661 e. The SMILES string of the molecule is CCCCC(CC)COC1CC(NCC)C1(CC)CC. The zero-order chi connectivity index (χ0) is 15.0. The standard InChI is InChI=1S/C18H37NO/c1-6-11-12-15(7-2)14-20-17-13-16(19-10-5)18(17,8-3)9-4/h15-17,19H,6-14H2,1-5H3. The van der Waals surface area contributed by atoms with Crippen LogP contribution in [0.25, 0.3) is 0 Å². The van der Waals surface area contributed by atoms with Crippen LogP contribution in [0.3, 0.4) is 0 Å². The lowest BCUT2D eigenvalue weighted by Crippen LogP contribution is -2.63. The Kier molecular flexibility index (Phi) is 8.13. The summed E-state index contributed by atoms with van der Waals surface area (Å²) in [6.45, 7) is 13.5. The van der Waals surface area contributed by atoms with Crippen LogP contribution in [-0.2, 0) is 4.74 Å². The third kappa shape index (κ3) is 3.98. The van der Waals surface area contributed by atoms with Crippen LogP contribution < -0.4 is 5.32 Å². The monoisotopic (exact) mass is 283 g/mol. The number of unbranched alkanes of at least 4 members (excludes halogenated alkanes) is 1. The Bertz CT molecular complexity index is 250. The topological polar surface area (TPSA) is 21.3 Å². The summed E-state index contributed by atoms with van der Waals surface area (Å²) in [6, 6.07) is 0.670. The molecule has 0 amide bonds. The lowest BCUT2D eigenvalue weighted by atomic mass is 9.58. The first kappa shape index (κ1) is 18.0. The van der Waals surface area contributed by atoms with Crippen molar-refractivity contribution in [1.82, 2.24) is 5.32 Å². The van der Waals surface area contributed by atoms with Crippen molar-refractivity contribution in [2.75, 3.05) is 13.2 Å². The number of nitrogens with one attached hydrogen (secondary N) is 1. The number of hydrogen-bond donors (Lipinski definition) is 1. The second-order valence-electron chi connectivity index (χ2n) is 6.52. The third-order valence-electron chi connectivity index (χ3n) is 5.63. The molecule has 2 heteroatoms. The maximum Gasteiger partial charge on any atom is 0.0661 e. The quantitative estimate of drug-likeness (QED) is 0.589. The lowest BCUT2D eigenvalue weighted by molar-refractivity contribution is -0.147. The van der Waals surface area contributed by atoms with Gasteiger partial charge in [0.05, 0.1) is 6.10 Å². The van der Waals surface area contributed by atoms with Crippen LogP contribution >= 0.6 is 0 Å². The fourth-order valence-corrected chi connectivity index (χ4v) is 3.86. The molecule has 0 spiro atoms. The molecule has 3 atom stereocenters. The minimum Gasteiger partial charge on any atom is -0.377 e. The zero-order valence-electron chi connectivity index (χ0n) is 14.5.